The predicted octanol–water partition coefficient (Wildman–Crippen LogP) is 3.08. The SMILES string of the molecule is Cc1ccc(N(C)C2CC3(C2)CN(C(=O)OC(C)(C)C)C3)c2cnn(C)c(=O)c12. The molecule has 4 rings (SSSR count). The first-order valence-electron chi connectivity index (χ1n) is 10.2. The molecule has 1 amide bonds. The molecule has 1 spiro atoms. The minimum Gasteiger partial charge on any atom is -0.444 e. The highest BCUT2D eigenvalue weighted by Crippen LogP contribution is 2.51. The molecule has 0 radical (unpaired) electrons. The smallest absolute Gasteiger partial charge is 0.410 e. The van der Waals surface area contributed by atoms with Crippen LogP contribution in [0.2, 0.25) is 0 Å². The Balaban J connectivity index is 1.46. The summed E-state index contributed by atoms with van der Waals surface area (Å²) >= 11 is 0. The minimum absolute atomic E-state index is 0.0627. The molecular formula is C22H30N4O3. The molecule has 0 atom stereocenters. The highest BCUT2D eigenvalue weighted by atomic mass is 16.6. The van der Waals surface area contributed by atoms with E-state index in [4.69, 9.17) is 4.74 Å². The van der Waals surface area contributed by atoms with Crippen molar-refractivity contribution in [2.75, 3.05) is 25.0 Å². The molecular weight excluding hydrogens is 368 g/mol. The lowest BCUT2D eigenvalue weighted by molar-refractivity contribution is -0.0774. The topological polar surface area (TPSA) is 67.7 Å². The van der Waals surface area contributed by atoms with Crippen molar-refractivity contribution in [3.05, 3.63) is 34.2 Å². The summed E-state index contributed by atoms with van der Waals surface area (Å²) in [4.78, 5) is 28.8. The second kappa shape index (κ2) is 6.47. The van der Waals surface area contributed by atoms with Gasteiger partial charge in [0.25, 0.3) is 5.56 Å². The van der Waals surface area contributed by atoms with E-state index in [-0.39, 0.29) is 17.1 Å². The standard InChI is InChI=1S/C22H30N4O3/c1-14-7-8-17(16-11-23-25(6)19(27)18(14)16)24(5)15-9-22(10-15)12-26(13-22)20(28)29-21(2,3)4/h7-8,11,15H,9-10,12-13H2,1-6H3. The van der Waals surface area contributed by atoms with Gasteiger partial charge < -0.3 is 14.5 Å². The maximum absolute atomic E-state index is 12.6. The van der Waals surface area contributed by atoms with Crippen LogP contribution in [-0.4, -0.2) is 52.6 Å². The van der Waals surface area contributed by atoms with Crippen molar-refractivity contribution in [3.63, 3.8) is 0 Å². The van der Waals surface area contributed by atoms with Gasteiger partial charge in [0, 0.05) is 49.7 Å². The Labute approximate surface area is 171 Å². The van der Waals surface area contributed by atoms with E-state index >= 15 is 0 Å². The summed E-state index contributed by atoms with van der Waals surface area (Å²) < 4.78 is 6.85. The number of fused-ring (bicyclic) bond motifs is 1. The third-order valence-electron chi connectivity index (χ3n) is 6.27. The van der Waals surface area contributed by atoms with Crippen molar-refractivity contribution in [3.8, 4) is 0 Å². The van der Waals surface area contributed by atoms with Crippen LogP contribution >= 0.6 is 0 Å². The molecule has 1 saturated heterocycles. The zero-order valence-corrected chi connectivity index (χ0v) is 18.2. The fourth-order valence-electron chi connectivity index (χ4n) is 4.69. The Kier molecular flexibility index (Phi) is 4.40. The third-order valence-corrected chi connectivity index (χ3v) is 6.27. The Hall–Kier alpha value is -2.57. The van der Waals surface area contributed by atoms with Gasteiger partial charge in [-0.2, -0.15) is 5.10 Å². The van der Waals surface area contributed by atoms with Crippen molar-refractivity contribution in [1.29, 1.82) is 0 Å². The molecule has 0 bridgehead atoms. The van der Waals surface area contributed by atoms with Gasteiger partial charge in [0.1, 0.15) is 5.60 Å². The number of rotatable bonds is 2. The first kappa shape index (κ1) is 19.7. The van der Waals surface area contributed by atoms with Gasteiger partial charge in [-0.15, -0.1) is 0 Å². The molecule has 2 aliphatic rings. The number of carbonyl (C=O) groups is 1. The van der Waals surface area contributed by atoms with Crippen LogP contribution in [0.4, 0.5) is 10.5 Å². The molecule has 29 heavy (non-hydrogen) atoms. The number of benzene rings is 1. The van der Waals surface area contributed by atoms with Crippen molar-refractivity contribution < 1.29 is 9.53 Å². The molecule has 7 nitrogen and oxygen atoms in total. The highest BCUT2D eigenvalue weighted by molar-refractivity contribution is 5.95. The normalized spacial score (nSPS) is 18.5. The molecule has 156 valence electrons. The molecule has 1 aromatic heterocycles. The first-order valence-corrected chi connectivity index (χ1v) is 10.2. The number of ether oxygens (including phenoxy) is 1. The molecule has 0 unspecified atom stereocenters. The van der Waals surface area contributed by atoms with Crippen molar-refractivity contribution in [2.45, 2.75) is 52.2 Å². The number of nitrogens with zero attached hydrogens (tertiary/aromatic N) is 4. The van der Waals surface area contributed by atoms with E-state index in [1.807, 2.05) is 33.8 Å². The van der Waals surface area contributed by atoms with Crippen molar-refractivity contribution in [2.24, 2.45) is 12.5 Å². The quantitative estimate of drug-likeness (QED) is 0.778. The molecule has 1 aliphatic carbocycles. The van der Waals surface area contributed by atoms with E-state index in [1.54, 1.807) is 18.1 Å². The van der Waals surface area contributed by atoms with Crippen LogP contribution in [0.5, 0.6) is 0 Å². The monoisotopic (exact) mass is 398 g/mol. The molecule has 1 saturated carbocycles. The number of carbonyl (C=O) groups excluding carboxylic acids is 1. The van der Waals surface area contributed by atoms with Crippen molar-refractivity contribution >= 4 is 22.6 Å². The number of anilines is 1. The van der Waals surface area contributed by atoms with Gasteiger partial charge in [0.2, 0.25) is 0 Å². The summed E-state index contributed by atoms with van der Waals surface area (Å²) in [6, 6.07) is 4.49. The Bertz CT molecular complexity index is 1020. The second-order valence-corrected chi connectivity index (χ2v) is 9.77. The molecule has 2 heterocycles. The maximum atomic E-state index is 12.6. The second-order valence-electron chi connectivity index (χ2n) is 9.77. The molecule has 7 heteroatoms. The van der Waals surface area contributed by atoms with Gasteiger partial charge >= 0.3 is 6.09 Å². The van der Waals surface area contributed by atoms with Gasteiger partial charge in [0.15, 0.2) is 0 Å². The van der Waals surface area contributed by atoms with Gasteiger partial charge in [-0.05, 0) is 52.2 Å². The predicted molar refractivity (Wildman–Crippen MR) is 113 cm³/mol. The lowest BCUT2D eigenvalue weighted by Crippen LogP contribution is -2.67. The number of aromatic nitrogens is 2. The molecule has 1 aliphatic heterocycles. The summed E-state index contributed by atoms with van der Waals surface area (Å²) in [5.74, 6) is 0. The van der Waals surface area contributed by atoms with E-state index < -0.39 is 5.60 Å². The highest BCUT2D eigenvalue weighted by Gasteiger charge is 2.55. The maximum Gasteiger partial charge on any atom is 0.410 e. The lowest BCUT2D eigenvalue weighted by atomic mass is 9.60. The van der Waals surface area contributed by atoms with Crippen LogP contribution in [0.1, 0.15) is 39.2 Å². The van der Waals surface area contributed by atoms with Gasteiger partial charge in [0.05, 0.1) is 11.6 Å². The van der Waals surface area contributed by atoms with Gasteiger partial charge in [-0.25, -0.2) is 9.48 Å². The van der Waals surface area contributed by atoms with E-state index in [0.29, 0.717) is 6.04 Å². The van der Waals surface area contributed by atoms with Crippen LogP contribution in [0.3, 0.4) is 0 Å². The Morgan fingerprint density at radius 2 is 1.93 bits per heavy atom. The van der Waals surface area contributed by atoms with Crippen LogP contribution < -0.4 is 10.5 Å². The van der Waals surface area contributed by atoms with Crippen LogP contribution in [0.15, 0.2) is 23.1 Å². The summed E-state index contributed by atoms with van der Waals surface area (Å²) in [6.07, 6.45) is 3.65. The van der Waals surface area contributed by atoms with Gasteiger partial charge in [-0.3, -0.25) is 4.79 Å². The first-order chi connectivity index (χ1) is 13.5. The van der Waals surface area contributed by atoms with Crippen LogP contribution in [0, 0.1) is 12.3 Å². The molecule has 2 aromatic rings. The lowest BCUT2D eigenvalue weighted by Gasteiger charge is -2.60. The Morgan fingerprint density at radius 1 is 1.28 bits per heavy atom. The minimum atomic E-state index is -0.459. The van der Waals surface area contributed by atoms with E-state index in [1.165, 1.54) is 4.68 Å². The van der Waals surface area contributed by atoms with Crippen molar-refractivity contribution in [1.82, 2.24) is 14.7 Å². The molecule has 2 fully saturated rings. The number of amides is 1. The van der Waals surface area contributed by atoms with E-state index in [2.05, 4.69) is 23.1 Å². The molecule has 1 aromatic carbocycles. The number of hydrogen-bond donors (Lipinski definition) is 0. The summed E-state index contributed by atoms with van der Waals surface area (Å²) in [6.45, 7) is 9.17. The summed E-state index contributed by atoms with van der Waals surface area (Å²) in [5, 5.41) is 5.87. The van der Waals surface area contributed by atoms with Gasteiger partial charge in [-0.1, -0.05) is 6.07 Å². The average molecular weight is 399 g/mol. The zero-order valence-electron chi connectivity index (χ0n) is 18.2. The number of aryl methyl sites for hydroxylation is 2. The summed E-state index contributed by atoms with van der Waals surface area (Å²) in [7, 11) is 3.77. The zero-order chi connectivity index (χ0) is 21.1. The van der Waals surface area contributed by atoms with Crippen LogP contribution in [0.25, 0.3) is 10.8 Å². The summed E-state index contributed by atoms with van der Waals surface area (Å²) in [5.41, 5.74) is 1.70. The number of hydrogen-bond acceptors (Lipinski definition) is 5. The fourth-order valence-corrected chi connectivity index (χ4v) is 4.69. The van der Waals surface area contributed by atoms with Crippen LogP contribution in [-0.2, 0) is 11.8 Å². The Morgan fingerprint density at radius 3 is 2.55 bits per heavy atom. The number of likely N-dealkylation sites (tertiary alicyclic amines) is 1. The van der Waals surface area contributed by atoms with E-state index in [0.717, 1.165) is 48.0 Å². The third kappa shape index (κ3) is 3.36. The average Bonchev–Trinajstić information content (AvgIpc) is 2.54. The fraction of sp³-hybridized carbons (Fsp3) is 0.591. The van der Waals surface area contributed by atoms with E-state index in [9.17, 15) is 9.59 Å². The largest absolute Gasteiger partial charge is 0.444 e. The molecule has 0 N–H and O–H groups in total.